The van der Waals surface area contributed by atoms with E-state index in [0.717, 1.165) is 0 Å². The average Bonchev–Trinajstić information content (AvgIpc) is 3.62. The highest BCUT2D eigenvalue weighted by atomic mass is 16.7. The van der Waals surface area contributed by atoms with Gasteiger partial charge in [-0.1, -0.05) is 0 Å². The van der Waals surface area contributed by atoms with Crippen LogP contribution in [0.15, 0.2) is 0 Å². The molecule has 2 saturated carbocycles. The maximum Gasteiger partial charge on any atom is 0.187 e. The second-order valence-electron chi connectivity index (χ2n) is 13.4. The fourth-order valence-corrected chi connectivity index (χ4v) is 6.68. The largest absolute Gasteiger partial charge is 0.392 e. The van der Waals surface area contributed by atoms with E-state index in [1.807, 2.05) is 0 Å². The van der Waals surface area contributed by atoms with E-state index in [1.165, 1.54) is 14.0 Å². The summed E-state index contributed by atoms with van der Waals surface area (Å²) in [7, 11) is 1.54. The van der Waals surface area contributed by atoms with E-state index in [4.69, 9.17) is 36.1 Å². The summed E-state index contributed by atoms with van der Waals surface area (Å²) in [5.41, 5.74) is 14.5. The predicted octanol–water partition coefficient (Wildman–Crippen LogP) is -6.95. The SMILES string of the molecule is CN[C@@H]1[C@@H](O)[C@@H](O[C@H]2[C@H](CC(=O)C3(O)CC3N)C[C@H](N)C(O[C@H]3O[C@H](CNCC(O)CCN)[C@@H](O)[C@H](O)[C@H]3O)[C@@H]2O)OC[C@]1(C)O. The lowest BCUT2D eigenvalue weighted by atomic mass is 9.76. The summed E-state index contributed by atoms with van der Waals surface area (Å²) in [6.45, 7) is 1.59. The molecular formula is C28H53N5O13. The Balaban J connectivity index is 1.50. The zero-order valence-corrected chi connectivity index (χ0v) is 26.2. The van der Waals surface area contributed by atoms with Crippen LogP contribution in [0.5, 0.6) is 0 Å². The minimum absolute atomic E-state index is 0.0114. The number of nitrogens with one attached hydrogen (secondary N) is 2. The lowest BCUT2D eigenvalue weighted by molar-refractivity contribution is -0.333. The van der Waals surface area contributed by atoms with Gasteiger partial charge in [-0.15, -0.1) is 0 Å². The molecule has 0 amide bonds. The van der Waals surface area contributed by atoms with Crippen LogP contribution in [-0.2, 0) is 23.7 Å². The Bertz CT molecular complexity index is 1020. The summed E-state index contributed by atoms with van der Waals surface area (Å²) in [5, 5.41) is 91.2. The van der Waals surface area contributed by atoms with Crippen molar-refractivity contribution in [3.63, 3.8) is 0 Å². The number of ketones is 1. The van der Waals surface area contributed by atoms with Crippen molar-refractivity contribution in [3.8, 4) is 0 Å². The molecule has 4 rings (SSSR count). The van der Waals surface area contributed by atoms with Crippen LogP contribution in [0, 0.1) is 5.92 Å². The monoisotopic (exact) mass is 667 g/mol. The fraction of sp³-hybridized carbons (Fsp3) is 0.964. The van der Waals surface area contributed by atoms with E-state index in [9.17, 15) is 45.6 Å². The predicted molar refractivity (Wildman–Crippen MR) is 157 cm³/mol. The molecule has 0 radical (unpaired) electrons. The molecule has 2 aliphatic carbocycles. The Kier molecular flexibility index (Phi) is 12.5. The third-order valence-corrected chi connectivity index (χ3v) is 9.67. The smallest absolute Gasteiger partial charge is 0.187 e. The van der Waals surface area contributed by atoms with E-state index in [2.05, 4.69) is 10.6 Å². The van der Waals surface area contributed by atoms with Gasteiger partial charge in [-0.05, 0) is 39.3 Å². The number of rotatable bonds is 14. The zero-order chi connectivity index (χ0) is 34.1. The average molecular weight is 668 g/mol. The molecule has 0 bridgehead atoms. The highest BCUT2D eigenvalue weighted by Crippen LogP contribution is 2.41. The normalized spacial score (nSPS) is 48.6. The number of carbonyl (C=O) groups excluding carboxylic acids is 1. The summed E-state index contributed by atoms with van der Waals surface area (Å²) in [6.07, 6.45) is -15.2. The van der Waals surface area contributed by atoms with E-state index in [1.54, 1.807) is 0 Å². The van der Waals surface area contributed by atoms with Gasteiger partial charge in [0, 0.05) is 38.0 Å². The molecule has 0 spiro atoms. The third kappa shape index (κ3) is 8.06. The molecule has 2 heterocycles. The first kappa shape index (κ1) is 37.8. The molecular weight excluding hydrogens is 614 g/mol. The molecule has 4 fully saturated rings. The topological polar surface area (TPSA) is 318 Å². The fourth-order valence-electron chi connectivity index (χ4n) is 6.68. The molecule has 0 aromatic heterocycles. The van der Waals surface area contributed by atoms with Gasteiger partial charge in [-0.2, -0.15) is 0 Å². The Hall–Kier alpha value is -1.01. The lowest BCUT2D eigenvalue weighted by Crippen LogP contribution is -2.67. The van der Waals surface area contributed by atoms with Gasteiger partial charge in [-0.3, -0.25) is 4.79 Å². The molecule has 0 aromatic carbocycles. The van der Waals surface area contributed by atoms with Crippen molar-refractivity contribution in [3.05, 3.63) is 0 Å². The zero-order valence-electron chi connectivity index (χ0n) is 26.2. The van der Waals surface area contributed by atoms with Crippen LogP contribution in [0.1, 0.15) is 32.6 Å². The van der Waals surface area contributed by atoms with Crippen LogP contribution in [0.25, 0.3) is 0 Å². The Labute approximate surface area is 267 Å². The van der Waals surface area contributed by atoms with Gasteiger partial charge in [0.05, 0.1) is 24.9 Å². The van der Waals surface area contributed by atoms with Crippen molar-refractivity contribution in [1.82, 2.24) is 10.6 Å². The van der Waals surface area contributed by atoms with Crippen molar-refractivity contribution >= 4 is 5.78 Å². The molecule has 0 aromatic rings. The molecule has 268 valence electrons. The second-order valence-corrected chi connectivity index (χ2v) is 13.4. The van der Waals surface area contributed by atoms with Crippen molar-refractivity contribution in [2.75, 3.05) is 33.3 Å². The molecule has 16 N–H and O–H groups in total. The van der Waals surface area contributed by atoms with Gasteiger partial charge >= 0.3 is 0 Å². The van der Waals surface area contributed by atoms with E-state index >= 15 is 0 Å². The van der Waals surface area contributed by atoms with Crippen molar-refractivity contribution < 1.29 is 64.6 Å². The van der Waals surface area contributed by atoms with Crippen molar-refractivity contribution in [2.45, 2.75) is 129 Å². The summed E-state index contributed by atoms with van der Waals surface area (Å²) in [6, 6.07) is -2.58. The number of aliphatic hydroxyl groups excluding tert-OH is 6. The lowest BCUT2D eigenvalue weighted by Gasteiger charge is -2.49. The van der Waals surface area contributed by atoms with Crippen LogP contribution in [0.4, 0.5) is 0 Å². The number of likely N-dealkylation sites (N-methyl/N-ethyl adjacent to an activating group) is 1. The summed E-state index contributed by atoms with van der Waals surface area (Å²) < 4.78 is 23.4. The first-order valence-corrected chi connectivity index (χ1v) is 15.8. The Morgan fingerprint density at radius 3 is 2.26 bits per heavy atom. The minimum atomic E-state index is -1.75. The quantitative estimate of drug-likeness (QED) is 0.0818. The van der Waals surface area contributed by atoms with Crippen molar-refractivity contribution in [1.29, 1.82) is 0 Å². The van der Waals surface area contributed by atoms with E-state index < -0.39 is 109 Å². The molecule has 4 unspecified atom stereocenters. The molecule has 4 aliphatic rings. The number of carbonyl (C=O) groups is 1. The summed E-state index contributed by atoms with van der Waals surface area (Å²) in [4.78, 5) is 13.0. The van der Waals surface area contributed by atoms with Crippen LogP contribution in [0.2, 0.25) is 0 Å². The van der Waals surface area contributed by atoms with Crippen LogP contribution >= 0.6 is 0 Å². The molecule has 2 saturated heterocycles. The van der Waals surface area contributed by atoms with E-state index in [0.29, 0.717) is 6.42 Å². The maximum absolute atomic E-state index is 13.0. The molecule has 18 heteroatoms. The highest BCUT2D eigenvalue weighted by molar-refractivity contribution is 5.91. The van der Waals surface area contributed by atoms with Gasteiger partial charge in [-0.25, -0.2) is 0 Å². The number of aliphatic hydroxyl groups is 8. The third-order valence-electron chi connectivity index (χ3n) is 9.67. The van der Waals surface area contributed by atoms with Crippen molar-refractivity contribution in [2.24, 2.45) is 23.1 Å². The van der Waals surface area contributed by atoms with Gasteiger partial charge < -0.3 is 87.6 Å². The van der Waals surface area contributed by atoms with Crippen LogP contribution < -0.4 is 27.8 Å². The molecule has 2 aliphatic heterocycles. The number of nitrogens with two attached hydrogens (primary N) is 3. The molecule has 46 heavy (non-hydrogen) atoms. The number of Topliss-reactive ketones (excluding diaryl/α,β-unsaturated/α-hetero) is 1. The minimum Gasteiger partial charge on any atom is -0.392 e. The summed E-state index contributed by atoms with van der Waals surface area (Å²) >= 11 is 0. The van der Waals surface area contributed by atoms with Gasteiger partial charge in [0.1, 0.15) is 53.9 Å². The number of hydrogen-bond acceptors (Lipinski definition) is 18. The molecule has 17 atom stereocenters. The van der Waals surface area contributed by atoms with Crippen LogP contribution in [-0.4, -0.2) is 177 Å². The molecule has 18 nitrogen and oxygen atoms in total. The number of ether oxygens (including phenoxy) is 4. The van der Waals surface area contributed by atoms with Gasteiger partial charge in [0.2, 0.25) is 0 Å². The Morgan fingerprint density at radius 1 is 1.00 bits per heavy atom. The first-order chi connectivity index (χ1) is 21.5. The highest BCUT2D eigenvalue weighted by Gasteiger charge is 2.58. The first-order valence-electron chi connectivity index (χ1n) is 15.8. The standard InChI is InChI=1S/C28H53N5O13/c1-27(41)10-43-25(21(40)24(27)32-2)45-22-11(6-16(35)28(42)7-15(28)31)5-13(30)23(20(22)39)46-26-19(38)18(37)17(36)14(44-26)9-33-8-12(34)3-4-29/h11-15,17-26,32-34,36-42H,3-10,29-31H2,1-2H3/t11-,12?,13-,14+,15?,17+,18-,19+,20+,21+,22-,23?,24+,25+,26+,27-,28?/m0/s1. The van der Waals surface area contributed by atoms with Crippen LogP contribution in [0.3, 0.4) is 0 Å². The van der Waals surface area contributed by atoms with Gasteiger partial charge in [0.25, 0.3) is 0 Å². The maximum atomic E-state index is 13.0. The van der Waals surface area contributed by atoms with Gasteiger partial charge in [0.15, 0.2) is 18.4 Å². The number of hydrogen-bond donors (Lipinski definition) is 13. The van der Waals surface area contributed by atoms with E-state index in [-0.39, 0.29) is 45.5 Å². The Morgan fingerprint density at radius 2 is 1.65 bits per heavy atom. The summed E-state index contributed by atoms with van der Waals surface area (Å²) in [5.74, 6) is -1.37. The second kappa shape index (κ2) is 15.3.